The summed E-state index contributed by atoms with van der Waals surface area (Å²) in [5, 5.41) is 7.48. The van der Waals surface area contributed by atoms with E-state index in [0.717, 1.165) is 51.4 Å². The van der Waals surface area contributed by atoms with Crippen LogP contribution in [0.15, 0.2) is 0 Å². The Hall–Kier alpha value is -2.04. The van der Waals surface area contributed by atoms with Crippen LogP contribution in [0.4, 0.5) is 8.78 Å². The third-order valence-corrected chi connectivity index (χ3v) is 17.1. The van der Waals surface area contributed by atoms with Crippen LogP contribution < -0.4 is 0 Å². The van der Waals surface area contributed by atoms with E-state index in [1.54, 1.807) is 0 Å². The van der Waals surface area contributed by atoms with E-state index in [4.69, 9.17) is 24.2 Å². The number of carbonyl (C=O) groups excluding carboxylic acids is 5. The molecule has 13 fully saturated rings. The Morgan fingerprint density at radius 3 is 1.84 bits per heavy atom. The predicted molar refractivity (Wildman–Crippen MR) is 184 cm³/mol. The molecule has 0 radical (unpaired) electrons. The normalized spacial score (nSPS) is 48.5. The average molecular weight is 793 g/mol. The number of esters is 2. The highest BCUT2D eigenvalue weighted by Crippen LogP contribution is 2.65. The second kappa shape index (κ2) is 12.7. The summed E-state index contributed by atoms with van der Waals surface area (Å²) in [6, 6.07) is 0. The molecule has 0 aromatic carbocycles. The molecule has 12 aliphatic carbocycles. The van der Waals surface area contributed by atoms with Crippen molar-refractivity contribution in [2.45, 2.75) is 126 Å². The molecule has 1 spiro atoms. The van der Waals surface area contributed by atoms with E-state index in [1.807, 2.05) is 0 Å². The number of carbonyl (C=O) groups is 5. The zero-order valence-corrected chi connectivity index (χ0v) is 31.8. The van der Waals surface area contributed by atoms with E-state index in [-0.39, 0.29) is 92.3 Å². The minimum Gasteiger partial charge on any atom is -0.464 e. The summed E-state index contributed by atoms with van der Waals surface area (Å²) < 4.78 is 58.3. The highest BCUT2D eigenvalue weighted by Gasteiger charge is 2.68. The van der Waals surface area contributed by atoms with Crippen LogP contribution in [0, 0.1) is 69.5 Å². The number of hydrogen-bond acceptors (Lipinski definition) is 13. The first kappa shape index (κ1) is 37.2. The van der Waals surface area contributed by atoms with Gasteiger partial charge >= 0.3 is 17.2 Å². The van der Waals surface area contributed by atoms with Crippen LogP contribution in [0.3, 0.4) is 0 Å². The van der Waals surface area contributed by atoms with Crippen LogP contribution in [0.2, 0.25) is 0 Å². The van der Waals surface area contributed by atoms with Gasteiger partial charge in [0.05, 0.1) is 24.0 Å². The molecule has 13 aliphatic rings. The van der Waals surface area contributed by atoms with Gasteiger partial charge in [-0.3, -0.25) is 19.2 Å². The Kier molecular flexibility index (Phi) is 8.62. The average Bonchev–Trinajstić information content (AvgIpc) is 3.15. The summed E-state index contributed by atoms with van der Waals surface area (Å²) in [6.45, 7) is 0.351. The van der Waals surface area contributed by atoms with Gasteiger partial charge in [0, 0.05) is 47.3 Å². The Bertz CT molecular complexity index is 1550. The summed E-state index contributed by atoms with van der Waals surface area (Å²) in [6.07, 6.45) is 10.5. The van der Waals surface area contributed by atoms with Gasteiger partial charge in [0.1, 0.15) is 41.6 Å². The lowest BCUT2D eigenvalue weighted by atomic mass is 9.47. The molecular weight excluding hydrogens is 742 g/mol. The predicted octanol–water partition coefficient (Wildman–Crippen LogP) is 6.18. The smallest absolute Gasteiger partial charge is 0.415 e. The van der Waals surface area contributed by atoms with Gasteiger partial charge in [0.2, 0.25) is 0 Å². The van der Waals surface area contributed by atoms with Gasteiger partial charge in [-0.15, -0.1) is 4.33 Å². The maximum atomic E-state index is 14.5. The lowest BCUT2D eigenvalue weighted by molar-refractivity contribution is -0.433. The van der Waals surface area contributed by atoms with E-state index in [0.29, 0.717) is 61.9 Å². The van der Waals surface area contributed by atoms with Crippen LogP contribution in [0.5, 0.6) is 0 Å². The SMILES string of the molecule is O=C1C2CC3CC1CC(C(=O)CCC1(COC(=O)C45CC6CC(C4)C(=O)C(C6)C5)COC4(OC1)C1CC5CC4CC(OC(=O)C(F)(F)SOOO)(C5)C1)(C3)C2. The molecule has 302 valence electrons. The second-order valence-corrected chi connectivity index (χ2v) is 20.8. The van der Waals surface area contributed by atoms with Crippen molar-refractivity contribution in [1.29, 1.82) is 0 Å². The molecule has 13 rings (SSSR count). The number of ether oxygens (including phenoxy) is 4. The first-order chi connectivity index (χ1) is 26.2. The van der Waals surface area contributed by atoms with Gasteiger partial charge in [0.25, 0.3) is 0 Å². The molecule has 15 heteroatoms. The van der Waals surface area contributed by atoms with Gasteiger partial charge in [-0.1, -0.05) is 5.04 Å². The highest BCUT2D eigenvalue weighted by molar-refractivity contribution is 7.96. The van der Waals surface area contributed by atoms with Crippen LogP contribution in [-0.2, 0) is 52.3 Å². The Morgan fingerprint density at radius 2 is 1.27 bits per heavy atom. The Morgan fingerprint density at radius 1 is 0.745 bits per heavy atom. The third kappa shape index (κ3) is 5.84. The van der Waals surface area contributed by atoms with Crippen LogP contribution in [0.1, 0.15) is 109 Å². The number of hydrogen-bond donors (Lipinski definition) is 1. The largest absolute Gasteiger partial charge is 0.464 e. The number of halogens is 2. The molecule has 1 N–H and O–H groups in total. The first-order valence-corrected chi connectivity index (χ1v) is 21.3. The lowest BCUT2D eigenvalue weighted by Gasteiger charge is -2.65. The third-order valence-electron chi connectivity index (χ3n) is 16.6. The van der Waals surface area contributed by atoms with Crippen molar-refractivity contribution < 1.29 is 66.3 Å². The summed E-state index contributed by atoms with van der Waals surface area (Å²) in [7, 11) is 0. The van der Waals surface area contributed by atoms with Crippen LogP contribution >= 0.6 is 12.0 Å². The number of ketones is 3. The van der Waals surface area contributed by atoms with Crippen molar-refractivity contribution in [3.8, 4) is 0 Å². The zero-order valence-electron chi connectivity index (χ0n) is 30.9. The molecule has 1 aliphatic heterocycles. The van der Waals surface area contributed by atoms with Gasteiger partial charge < -0.3 is 18.9 Å². The fourth-order valence-corrected chi connectivity index (χ4v) is 15.0. The Labute approximate surface area is 322 Å². The molecule has 55 heavy (non-hydrogen) atoms. The molecule has 6 unspecified atom stereocenters. The van der Waals surface area contributed by atoms with Crippen molar-refractivity contribution >= 4 is 41.3 Å². The summed E-state index contributed by atoms with van der Waals surface area (Å²) >= 11 is -0.638. The monoisotopic (exact) mass is 792 g/mol. The quantitative estimate of drug-likeness (QED) is 0.103. The van der Waals surface area contributed by atoms with E-state index < -0.39 is 50.9 Å². The van der Waals surface area contributed by atoms with Crippen LogP contribution in [-0.4, -0.2) is 71.0 Å². The topological polar surface area (TPSA) is 161 Å². The number of Topliss-reactive ketones (excluding diaryl/α,β-unsaturated/α-hetero) is 3. The van der Waals surface area contributed by atoms with Gasteiger partial charge in [-0.05, 0) is 120 Å². The molecule has 1 heterocycles. The number of alkyl halides is 2. The summed E-state index contributed by atoms with van der Waals surface area (Å²) in [5.74, 6) is -2.04. The molecular formula is C40H50F2O12S. The molecule has 12 bridgehead atoms. The minimum atomic E-state index is -4.10. The molecule has 6 atom stereocenters. The van der Waals surface area contributed by atoms with Crippen molar-refractivity contribution in [2.24, 2.45) is 69.5 Å². The van der Waals surface area contributed by atoms with Crippen molar-refractivity contribution in [2.75, 3.05) is 19.8 Å². The Balaban J connectivity index is 0.860. The fourth-order valence-electron chi connectivity index (χ4n) is 14.8. The number of rotatable bonds is 12. The van der Waals surface area contributed by atoms with E-state index >= 15 is 0 Å². The fraction of sp³-hybridized carbons (Fsp3) is 0.875. The second-order valence-electron chi connectivity index (χ2n) is 20.0. The molecule has 0 aromatic rings. The van der Waals surface area contributed by atoms with E-state index in [2.05, 4.69) is 9.37 Å². The van der Waals surface area contributed by atoms with Gasteiger partial charge in [-0.25, -0.2) is 10.1 Å². The maximum absolute atomic E-state index is 14.5. The van der Waals surface area contributed by atoms with Gasteiger partial charge in [0.15, 0.2) is 5.79 Å². The maximum Gasteiger partial charge on any atom is 0.415 e. The standard InChI is InChI=1S/C40H50F2O12S/c41-40(42,55-54-53-48)34(47)52-38-11-23-7-28(16-38)39(29(8-23)17-38)50-19-35(20-51-39,2-1-30(43)36-9-21-3-24(12-36)31(44)25(4-21)13-36)18-49-33(46)37-10-22-5-26(14-37)32(45)27(6-22)15-37/h21-29,48H,1-20H2. The zero-order chi connectivity index (χ0) is 38.2. The van der Waals surface area contributed by atoms with Crippen molar-refractivity contribution in [3.63, 3.8) is 0 Å². The summed E-state index contributed by atoms with van der Waals surface area (Å²) in [5.41, 5.74) is -3.08. The molecule has 1 saturated heterocycles. The van der Waals surface area contributed by atoms with E-state index in [1.165, 1.54) is 0 Å². The van der Waals surface area contributed by atoms with Gasteiger partial charge in [-0.2, -0.15) is 8.78 Å². The molecule has 12 nitrogen and oxygen atoms in total. The lowest BCUT2D eigenvalue weighted by Crippen LogP contribution is -2.69. The molecule has 0 amide bonds. The first-order valence-electron chi connectivity index (χ1n) is 20.5. The molecule has 0 aromatic heterocycles. The van der Waals surface area contributed by atoms with E-state index in [9.17, 15) is 32.8 Å². The van der Waals surface area contributed by atoms with Crippen molar-refractivity contribution in [3.05, 3.63) is 0 Å². The minimum absolute atomic E-state index is 0.0101. The summed E-state index contributed by atoms with van der Waals surface area (Å²) in [4.78, 5) is 66.8. The van der Waals surface area contributed by atoms with Crippen LogP contribution in [0.25, 0.3) is 0 Å². The highest BCUT2D eigenvalue weighted by atomic mass is 32.2. The van der Waals surface area contributed by atoms with Crippen molar-refractivity contribution in [1.82, 2.24) is 0 Å². The molecule has 12 saturated carbocycles.